The molecular weight excluding hydrogens is 222 g/mol. The van der Waals surface area contributed by atoms with Gasteiger partial charge >= 0.3 is 0 Å². The largest absolute Gasteiger partial charge is 0.314 e. The molecule has 1 heterocycles. The molecule has 3 heteroatoms. The van der Waals surface area contributed by atoms with Gasteiger partial charge in [-0.15, -0.1) is 12.4 Å². The van der Waals surface area contributed by atoms with E-state index in [-0.39, 0.29) is 18.2 Å². The van der Waals surface area contributed by atoms with Crippen LogP contribution in [0.15, 0.2) is 24.3 Å². The Morgan fingerprint density at radius 2 is 2.06 bits per heavy atom. The number of Topliss-reactive ketones (excluding diaryl/α,β-unsaturated/α-hetero) is 1. The van der Waals surface area contributed by atoms with Crippen LogP contribution in [0.3, 0.4) is 0 Å². The minimum absolute atomic E-state index is 0. The third-order valence-corrected chi connectivity index (χ3v) is 3.00. The van der Waals surface area contributed by atoms with Crippen molar-refractivity contribution in [2.75, 3.05) is 6.54 Å². The first-order chi connectivity index (χ1) is 7.25. The van der Waals surface area contributed by atoms with Crippen LogP contribution in [0.1, 0.15) is 35.7 Å². The highest BCUT2D eigenvalue weighted by Crippen LogP contribution is 2.13. The molecule has 2 rings (SSSR count). The molecule has 0 aromatic heterocycles. The smallest absolute Gasteiger partial charge is 0.159 e. The molecule has 1 aromatic rings. The van der Waals surface area contributed by atoms with E-state index in [1.165, 1.54) is 18.4 Å². The van der Waals surface area contributed by atoms with Crippen LogP contribution < -0.4 is 5.32 Å². The number of ketones is 1. The lowest BCUT2D eigenvalue weighted by atomic mass is 10.0. The average molecular weight is 240 g/mol. The zero-order valence-electron chi connectivity index (χ0n) is 9.53. The van der Waals surface area contributed by atoms with Crippen molar-refractivity contribution in [3.8, 4) is 0 Å². The predicted molar refractivity (Wildman–Crippen MR) is 68.4 cm³/mol. The fourth-order valence-electron chi connectivity index (χ4n) is 2.09. The maximum Gasteiger partial charge on any atom is 0.159 e. The topological polar surface area (TPSA) is 29.1 Å². The minimum Gasteiger partial charge on any atom is -0.314 e. The second kappa shape index (κ2) is 6.02. The Morgan fingerprint density at radius 1 is 1.38 bits per heavy atom. The molecule has 1 aliphatic heterocycles. The lowest BCUT2D eigenvalue weighted by Gasteiger charge is -2.09. The van der Waals surface area contributed by atoms with Crippen LogP contribution in [0.2, 0.25) is 0 Å². The van der Waals surface area contributed by atoms with Gasteiger partial charge in [0.25, 0.3) is 0 Å². The van der Waals surface area contributed by atoms with Gasteiger partial charge in [0, 0.05) is 11.6 Å². The number of benzene rings is 1. The quantitative estimate of drug-likeness (QED) is 0.822. The lowest BCUT2D eigenvalue weighted by Crippen LogP contribution is -2.23. The molecule has 16 heavy (non-hydrogen) atoms. The molecule has 1 aromatic carbocycles. The van der Waals surface area contributed by atoms with Gasteiger partial charge in [0.05, 0.1) is 0 Å². The van der Waals surface area contributed by atoms with E-state index in [1.54, 1.807) is 6.92 Å². The summed E-state index contributed by atoms with van der Waals surface area (Å²) < 4.78 is 0. The summed E-state index contributed by atoms with van der Waals surface area (Å²) in [7, 11) is 0. The fraction of sp³-hybridized carbons (Fsp3) is 0.462. The third kappa shape index (κ3) is 3.32. The molecule has 0 radical (unpaired) electrons. The Hall–Kier alpha value is -0.860. The fourth-order valence-corrected chi connectivity index (χ4v) is 2.09. The van der Waals surface area contributed by atoms with Crippen LogP contribution in [0.4, 0.5) is 0 Å². The molecule has 1 fully saturated rings. The second-order valence-electron chi connectivity index (χ2n) is 4.25. The van der Waals surface area contributed by atoms with Crippen molar-refractivity contribution in [1.82, 2.24) is 5.32 Å². The highest BCUT2D eigenvalue weighted by molar-refractivity contribution is 5.93. The van der Waals surface area contributed by atoms with Crippen LogP contribution in [0.5, 0.6) is 0 Å². The number of halogens is 1. The Balaban J connectivity index is 0.00000128. The predicted octanol–water partition coefficient (Wildman–Crippen LogP) is 2.61. The number of nitrogens with one attached hydrogen (secondary N) is 1. The van der Waals surface area contributed by atoms with Gasteiger partial charge in [0.1, 0.15) is 0 Å². The minimum atomic E-state index is 0. The number of carbonyl (C=O) groups is 1. The van der Waals surface area contributed by atoms with Crippen molar-refractivity contribution in [1.29, 1.82) is 0 Å². The van der Waals surface area contributed by atoms with E-state index < -0.39 is 0 Å². The standard InChI is InChI=1S/C13H17NO.ClH/c1-10(15)12-6-4-11(5-7-12)9-13-3-2-8-14-13;/h4-7,13-14H,2-3,8-9H2,1H3;1H. The molecule has 88 valence electrons. The van der Waals surface area contributed by atoms with E-state index in [1.807, 2.05) is 12.1 Å². The lowest BCUT2D eigenvalue weighted by molar-refractivity contribution is 0.101. The van der Waals surface area contributed by atoms with Crippen molar-refractivity contribution in [2.45, 2.75) is 32.2 Å². The normalized spacial score (nSPS) is 19.2. The molecule has 0 amide bonds. The van der Waals surface area contributed by atoms with Gasteiger partial charge in [-0.1, -0.05) is 24.3 Å². The summed E-state index contributed by atoms with van der Waals surface area (Å²) in [5.41, 5.74) is 2.12. The van der Waals surface area contributed by atoms with E-state index in [4.69, 9.17) is 0 Å². The molecule has 1 N–H and O–H groups in total. The first-order valence-corrected chi connectivity index (χ1v) is 5.59. The van der Waals surface area contributed by atoms with Crippen molar-refractivity contribution in [2.24, 2.45) is 0 Å². The summed E-state index contributed by atoms with van der Waals surface area (Å²) in [6.45, 7) is 2.75. The van der Waals surface area contributed by atoms with E-state index in [0.717, 1.165) is 18.5 Å². The highest BCUT2D eigenvalue weighted by Gasteiger charge is 2.14. The van der Waals surface area contributed by atoms with Gasteiger partial charge in [-0.25, -0.2) is 0 Å². The highest BCUT2D eigenvalue weighted by atomic mass is 35.5. The van der Waals surface area contributed by atoms with Crippen molar-refractivity contribution in [3.63, 3.8) is 0 Å². The van der Waals surface area contributed by atoms with E-state index in [0.29, 0.717) is 6.04 Å². The Kier molecular flexibility index (Phi) is 4.97. The Morgan fingerprint density at radius 3 is 2.56 bits per heavy atom. The number of carbonyl (C=O) groups excluding carboxylic acids is 1. The summed E-state index contributed by atoms with van der Waals surface area (Å²) in [6.07, 6.45) is 3.64. The molecular formula is C13H18ClNO. The molecule has 1 aliphatic rings. The van der Waals surface area contributed by atoms with Gasteiger partial charge in [0.15, 0.2) is 5.78 Å². The molecule has 0 saturated carbocycles. The summed E-state index contributed by atoms with van der Waals surface area (Å²) in [5.74, 6) is 0.139. The Bertz CT molecular complexity index is 341. The summed E-state index contributed by atoms with van der Waals surface area (Å²) in [5, 5.41) is 3.48. The summed E-state index contributed by atoms with van der Waals surface area (Å²) >= 11 is 0. The second-order valence-corrected chi connectivity index (χ2v) is 4.25. The number of hydrogen-bond donors (Lipinski definition) is 1. The summed E-state index contributed by atoms with van der Waals surface area (Å²) in [6, 6.07) is 8.61. The van der Waals surface area contributed by atoms with Gasteiger partial charge in [-0.2, -0.15) is 0 Å². The van der Waals surface area contributed by atoms with E-state index >= 15 is 0 Å². The van der Waals surface area contributed by atoms with Crippen molar-refractivity contribution in [3.05, 3.63) is 35.4 Å². The molecule has 0 spiro atoms. The van der Waals surface area contributed by atoms with Gasteiger partial charge in [-0.3, -0.25) is 4.79 Å². The zero-order chi connectivity index (χ0) is 10.7. The molecule has 1 unspecified atom stereocenters. The van der Waals surface area contributed by atoms with E-state index in [9.17, 15) is 4.79 Å². The molecule has 1 saturated heterocycles. The van der Waals surface area contributed by atoms with Crippen molar-refractivity contribution < 1.29 is 4.79 Å². The van der Waals surface area contributed by atoms with E-state index in [2.05, 4.69) is 17.4 Å². The van der Waals surface area contributed by atoms with Gasteiger partial charge < -0.3 is 5.32 Å². The maximum absolute atomic E-state index is 11.1. The van der Waals surface area contributed by atoms with Crippen LogP contribution in [-0.4, -0.2) is 18.4 Å². The van der Waals surface area contributed by atoms with Gasteiger partial charge in [0.2, 0.25) is 0 Å². The first-order valence-electron chi connectivity index (χ1n) is 5.59. The van der Waals surface area contributed by atoms with Crippen LogP contribution in [0.25, 0.3) is 0 Å². The average Bonchev–Trinajstić information content (AvgIpc) is 2.71. The number of rotatable bonds is 3. The van der Waals surface area contributed by atoms with Crippen LogP contribution in [0, 0.1) is 0 Å². The summed E-state index contributed by atoms with van der Waals surface area (Å²) in [4.78, 5) is 11.1. The first kappa shape index (κ1) is 13.2. The van der Waals surface area contributed by atoms with Gasteiger partial charge in [-0.05, 0) is 38.3 Å². The third-order valence-electron chi connectivity index (χ3n) is 3.00. The maximum atomic E-state index is 11.1. The van der Waals surface area contributed by atoms with Crippen molar-refractivity contribution >= 4 is 18.2 Å². The SMILES string of the molecule is CC(=O)c1ccc(CC2CCCN2)cc1.Cl. The zero-order valence-corrected chi connectivity index (χ0v) is 10.3. The molecule has 0 bridgehead atoms. The molecule has 2 nitrogen and oxygen atoms in total. The molecule has 1 atom stereocenters. The Labute approximate surface area is 103 Å². The number of hydrogen-bond acceptors (Lipinski definition) is 2. The monoisotopic (exact) mass is 239 g/mol. The van der Waals surface area contributed by atoms with Crippen LogP contribution >= 0.6 is 12.4 Å². The molecule has 0 aliphatic carbocycles. The van der Waals surface area contributed by atoms with Crippen LogP contribution in [-0.2, 0) is 6.42 Å².